The van der Waals surface area contributed by atoms with Gasteiger partial charge >= 0.3 is 0 Å². The second-order valence-corrected chi connectivity index (χ2v) is 5.30. The summed E-state index contributed by atoms with van der Waals surface area (Å²) in [5, 5.41) is 6.69. The first-order valence-electron chi connectivity index (χ1n) is 7.21. The predicted molar refractivity (Wildman–Crippen MR) is 71.9 cm³/mol. The highest BCUT2D eigenvalue weighted by Crippen LogP contribution is 2.19. The Hall–Kier alpha value is -0.570. The Balaban J connectivity index is 2.23. The highest BCUT2D eigenvalue weighted by Gasteiger charge is 2.23. The summed E-state index contributed by atoms with van der Waals surface area (Å²) in [6.45, 7) is 7.37. The van der Waals surface area contributed by atoms with Gasteiger partial charge in [0, 0.05) is 18.0 Å². The summed E-state index contributed by atoms with van der Waals surface area (Å²) < 4.78 is 0. The second-order valence-electron chi connectivity index (χ2n) is 5.30. The minimum atomic E-state index is 0.173. The molecule has 1 unspecified atom stereocenters. The van der Waals surface area contributed by atoms with E-state index in [1.54, 1.807) is 0 Å². The second kappa shape index (κ2) is 7.70. The van der Waals surface area contributed by atoms with Crippen LogP contribution < -0.4 is 10.6 Å². The van der Waals surface area contributed by atoms with Gasteiger partial charge in [-0.25, -0.2) is 0 Å². The summed E-state index contributed by atoms with van der Waals surface area (Å²) in [5.41, 5.74) is 0. The zero-order valence-corrected chi connectivity index (χ0v) is 11.6. The van der Waals surface area contributed by atoms with Gasteiger partial charge in [0.15, 0.2) is 0 Å². The number of rotatable bonds is 6. The van der Waals surface area contributed by atoms with E-state index in [1.807, 2.05) is 6.92 Å². The standard InChI is InChI=1S/C14H28N2O/c1-4-6-11(3)14(17)16-13-9-7-12(8-10-13)15-5-2/h11-13,15H,4-10H2,1-3H3,(H,16,17). The van der Waals surface area contributed by atoms with Crippen LogP contribution in [0.3, 0.4) is 0 Å². The van der Waals surface area contributed by atoms with Crippen molar-refractivity contribution >= 4 is 5.91 Å². The number of amides is 1. The molecule has 1 atom stereocenters. The first kappa shape index (κ1) is 14.5. The molecule has 0 bridgehead atoms. The summed E-state index contributed by atoms with van der Waals surface area (Å²) in [6, 6.07) is 1.08. The summed E-state index contributed by atoms with van der Waals surface area (Å²) in [5.74, 6) is 0.422. The smallest absolute Gasteiger partial charge is 0.223 e. The lowest BCUT2D eigenvalue weighted by molar-refractivity contribution is -0.125. The largest absolute Gasteiger partial charge is 0.353 e. The molecule has 2 N–H and O–H groups in total. The van der Waals surface area contributed by atoms with E-state index < -0.39 is 0 Å². The van der Waals surface area contributed by atoms with Crippen molar-refractivity contribution < 1.29 is 4.79 Å². The molecule has 3 heteroatoms. The van der Waals surface area contributed by atoms with Crippen LogP contribution in [-0.4, -0.2) is 24.5 Å². The van der Waals surface area contributed by atoms with E-state index in [9.17, 15) is 4.79 Å². The Bertz CT molecular complexity index is 222. The molecule has 0 aromatic carbocycles. The molecular weight excluding hydrogens is 212 g/mol. The van der Waals surface area contributed by atoms with Gasteiger partial charge in [-0.2, -0.15) is 0 Å². The molecular formula is C14H28N2O. The minimum Gasteiger partial charge on any atom is -0.353 e. The molecule has 0 heterocycles. The molecule has 1 rings (SSSR count). The third-order valence-electron chi connectivity index (χ3n) is 3.74. The predicted octanol–water partition coefficient (Wildman–Crippen LogP) is 2.46. The molecule has 0 aliphatic heterocycles. The minimum absolute atomic E-state index is 0.173. The van der Waals surface area contributed by atoms with Crippen molar-refractivity contribution in [1.29, 1.82) is 0 Å². The SMILES string of the molecule is CCCC(C)C(=O)NC1CCC(NCC)CC1. The van der Waals surface area contributed by atoms with Gasteiger partial charge in [-0.15, -0.1) is 0 Å². The zero-order valence-electron chi connectivity index (χ0n) is 11.6. The Kier molecular flexibility index (Phi) is 6.56. The number of hydrogen-bond acceptors (Lipinski definition) is 2. The molecule has 0 saturated heterocycles. The highest BCUT2D eigenvalue weighted by molar-refractivity contribution is 5.78. The molecule has 100 valence electrons. The summed E-state index contributed by atoms with van der Waals surface area (Å²) >= 11 is 0. The van der Waals surface area contributed by atoms with E-state index in [4.69, 9.17) is 0 Å². The van der Waals surface area contributed by atoms with Crippen molar-refractivity contribution in [3.63, 3.8) is 0 Å². The first-order chi connectivity index (χ1) is 8.17. The summed E-state index contributed by atoms with van der Waals surface area (Å²) in [7, 11) is 0. The number of nitrogens with one attached hydrogen (secondary N) is 2. The van der Waals surface area contributed by atoms with Gasteiger partial charge < -0.3 is 10.6 Å². The van der Waals surface area contributed by atoms with Crippen LogP contribution in [0, 0.1) is 5.92 Å². The van der Waals surface area contributed by atoms with Crippen molar-refractivity contribution in [1.82, 2.24) is 10.6 Å². The van der Waals surface area contributed by atoms with Gasteiger partial charge in [0.1, 0.15) is 0 Å². The molecule has 1 amide bonds. The van der Waals surface area contributed by atoms with Crippen molar-refractivity contribution in [3.8, 4) is 0 Å². The van der Waals surface area contributed by atoms with E-state index >= 15 is 0 Å². The Morgan fingerprint density at radius 2 is 1.76 bits per heavy atom. The van der Waals surface area contributed by atoms with Crippen molar-refractivity contribution in [2.75, 3.05) is 6.54 Å². The maximum absolute atomic E-state index is 11.9. The number of hydrogen-bond donors (Lipinski definition) is 2. The zero-order chi connectivity index (χ0) is 12.7. The van der Waals surface area contributed by atoms with Gasteiger partial charge in [0.2, 0.25) is 5.91 Å². The normalized spacial score (nSPS) is 26.5. The molecule has 17 heavy (non-hydrogen) atoms. The molecule has 0 spiro atoms. The van der Waals surface area contributed by atoms with Crippen LogP contribution in [0.2, 0.25) is 0 Å². The lowest BCUT2D eigenvalue weighted by atomic mass is 9.90. The van der Waals surface area contributed by atoms with Gasteiger partial charge in [0.25, 0.3) is 0 Å². The molecule has 0 aromatic heterocycles. The van der Waals surface area contributed by atoms with Crippen molar-refractivity contribution in [3.05, 3.63) is 0 Å². The fourth-order valence-corrected chi connectivity index (χ4v) is 2.64. The average molecular weight is 240 g/mol. The molecule has 0 aromatic rings. The van der Waals surface area contributed by atoms with Crippen LogP contribution in [-0.2, 0) is 4.79 Å². The average Bonchev–Trinajstić information content (AvgIpc) is 2.32. The number of carbonyl (C=O) groups is 1. The van der Waals surface area contributed by atoms with Crippen LogP contribution in [0.1, 0.15) is 59.3 Å². The lowest BCUT2D eigenvalue weighted by Gasteiger charge is -2.30. The topological polar surface area (TPSA) is 41.1 Å². The summed E-state index contributed by atoms with van der Waals surface area (Å²) in [4.78, 5) is 11.9. The van der Waals surface area contributed by atoms with Crippen LogP contribution in [0.5, 0.6) is 0 Å². The fourth-order valence-electron chi connectivity index (χ4n) is 2.64. The van der Waals surface area contributed by atoms with Crippen LogP contribution in [0.25, 0.3) is 0 Å². The molecule has 3 nitrogen and oxygen atoms in total. The third-order valence-corrected chi connectivity index (χ3v) is 3.74. The Labute approximate surface area is 106 Å². The van der Waals surface area contributed by atoms with E-state index in [2.05, 4.69) is 24.5 Å². The lowest BCUT2D eigenvalue weighted by Crippen LogP contribution is -2.43. The maximum Gasteiger partial charge on any atom is 0.223 e. The molecule has 1 fully saturated rings. The monoisotopic (exact) mass is 240 g/mol. The van der Waals surface area contributed by atoms with E-state index in [1.165, 1.54) is 12.8 Å². The molecule has 1 aliphatic carbocycles. The Morgan fingerprint density at radius 1 is 1.18 bits per heavy atom. The van der Waals surface area contributed by atoms with Crippen molar-refractivity contribution in [2.24, 2.45) is 5.92 Å². The third kappa shape index (κ3) is 5.07. The van der Waals surface area contributed by atoms with E-state index in [0.717, 1.165) is 32.2 Å². The van der Waals surface area contributed by atoms with Gasteiger partial charge in [-0.05, 0) is 38.6 Å². The fraction of sp³-hybridized carbons (Fsp3) is 0.929. The van der Waals surface area contributed by atoms with Crippen molar-refractivity contribution in [2.45, 2.75) is 71.4 Å². The molecule has 0 radical (unpaired) electrons. The van der Waals surface area contributed by atoms with E-state index in [0.29, 0.717) is 12.1 Å². The van der Waals surface area contributed by atoms with E-state index in [-0.39, 0.29) is 11.8 Å². The Morgan fingerprint density at radius 3 is 2.29 bits per heavy atom. The summed E-state index contributed by atoms with van der Waals surface area (Å²) in [6.07, 6.45) is 6.73. The highest BCUT2D eigenvalue weighted by atomic mass is 16.1. The van der Waals surface area contributed by atoms with Gasteiger partial charge in [0.05, 0.1) is 0 Å². The van der Waals surface area contributed by atoms with Crippen LogP contribution in [0.15, 0.2) is 0 Å². The van der Waals surface area contributed by atoms with Crippen LogP contribution in [0.4, 0.5) is 0 Å². The van der Waals surface area contributed by atoms with Gasteiger partial charge in [-0.3, -0.25) is 4.79 Å². The van der Waals surface area contributed by atoms with Gasteiger partial charge in [-0.1, -0.05) is 27.2 Å². The quantitative estimate of drug-likeness (QED) is 0.749. The first-order valence-corrected chi connectivity index (χ1v) is 7.21. The molecule has 1 saturated carbocycles. The maximum atomic E-state index is 11.9. The van der Waals surface area contributed by atoms with Crippen LogP contribution >= 0.6 is 0 Å². The molecule has 1 aliphatic rings. The number of carbonyl (C=O) groups excluding carboxylic acids is 1.